The summed E-state index contributed by atoms with van der Waals surface area (Å²) in [5, 5.41) is 3.22. The van der Waals surface area contributed by atoms with Gasteiger partial charge in [-0.3, -0.25) is 0 Å². The number of aromatic nitrogens is 3. The Bertz CT molecular complexity index is 879. The maximum absolute atomic E-state index is 12.0. The van der Waals surface area contributed by atoms with Crippen LogP contribution in [0.15, 0.2) is 29.3 Å². The summed E-state index contributed by atoms with van der Waals surface area (Å²) in [5.74, 6) is 2.04. The summed E-state index contributed by atoms with van der Waals surface area (Å²) in [6, 6.07) is 5.19. The maximum Gasteiger partial charge on any atom is 0.227 e. The quantitative estimate of drug-likeness (QED) is 0.836. The Morgan fingerprint density at radius 2 is 1.85 bits per heavy atom. The zero-order valence-electron chi connectivity index (χ0n) is 15.3. The van der Waals surface area contributed by atoms with E-state index in [1.54, 1.807) is 18.3 Å². The van der Waals surface area contributed by atoms with Crippen molar-refractivity contribution in [3.8, 4) is 0 Å². The smallest absolute Gasteiger partial charge is 0.227 e. The molecule has 0 aromatic carbocycles. The molecule has 1 aliphatic heterocycles. The third-order valence-corrected chi connectivity index (χ3v) is 5.33. The summed E-state index contributed by atoms with van der Waals surface area (Å²) in [7, 11) is -3.32. The Balaban J connectivity index is 1.77. The fourth-order valence-corrected chi connectivity index (χ4v) is 3.83. The molecule has 1 N–H and O–H groups in total. The van der Waals surface area contributed by atoms with Crippen LogP contribution in [-0.4, -0.2) is 62.3 Å². The minimum atomic E-state index is -3.32. The number of sulfone groups is 1. The van der Waals surface area contributed by atoms with Crippen LogP contribution in [0.4, 0.5) is 17.6 Å². The van der Waals surface area contributed by atoms with Gasteiger partial charge >= 0.3 is 0 Å². The molecule has 3 heterocycles. The lowest BCUT2D eigenvalue weighted by atomic mass is 10.3. The highest BCUT2D eigenvalue weighted by atomic mass is 32.2. The number of anilines is 3. The largest absolute Gasteiger partial charge is 0.370 e. The number of aryl methyl sites for hydroxylation is 1. The molecule has 0 spiro atoms. The van der Waals surface area contributed by atoms with E-state index in [0.717, 1.165) is 18.1 Å². The Hall–Kier alpha value is -2.42. The van der Waals surface area contributed by atoms with Crippen LogP contribution in [0.25, 0.3) is 0 Å². The molecular weight excluding hydrogens is 352 g/mol. The molecule has 1 saturated heterocycles. The molecule has 1 aliphatic rings. The van der Waals surface area contributed by atoms with Gasteiger partial charge in [0.05, 0.1) is 0 Å². The number of hydrogen-bond acceptors (Lipinski definition) is 8. The van der Waals surface area contributed by atoms with Crippen LogP contribution in [0, 0.1) is 6.92 Å². The average molecular weight is 376 g/mol. The molecule has 0 unspecified atom stereocenters. The van der Waals surface area contributed by atoms with Crippen molar-refractivity contribution >= 4 is 27.4 Å². The fourth-order valence-electron chi connectivity index (χ4n) is 2.99. The molecule has 0 amide bonds. The summed E-state index contributed by atoms with van der Waals surface area (Å²) < 4.78 is 24.0. The molecule has 2 aromatic rings. The van der Waals surface area contributed by atoms with Crippen LogP contribution in [-0.2, 0) is 9.84 Å². The summed E-state index contributed by atoms with van der Waals surface area (Å²) in [6.45, 7) is 7.51. The minimum Gasteiger partial charge on any atom is -0.370 e. The second-order valence-electron chi connectivity index (χ2n) is 6.30. The number of piperazine rings is 1. The van der Waals surface area contributed by atoms with Gasteiger partial charge in [-0.25, -0.2) is 18.4 Å². The predicted octanol–water partition coefficient (Wildman–Crippen LogP) is 1.34. The molecule has 0 aliphatic carbocycles. The molecule has 0 saturated carbocycles. The van der Waals surface area contributed by atoms with Gasteiger partial charge in [-0.1, -0.05) is 0 Å². The first-order chi connectivity index (χ1) is 12.4. The lowest BCUT2D eigenvalue weighted by Crippen LogP contribution is -2.47. The first-order valence-electron chi connectivity index (χ1n) is 8.63. The van der Waals surface area contributed by atoms with Gasteiger partial charge in [0.1, 0.15) is 16.5 Å². The third-order valence-electron chi connectivity index (χ3n) is 4.21. The van der Waals surface area contributed by atoms with Gasteiger partial charge in [-0.2, -0.15) is 4.98 Å². The van der Waals surface area contributed by atoms with E-state index in [9.17, 15) is 8.42 Å². The number of rotatable bonds is 5. The summed E-state index contributed by atoms with van der Waals surface area (Å²) in [6.07, 6.45) is 2.84. The molecule has 140 valence electrons. The zero-order valence-corrected chi connectivity index (χ0v) is 16.1. The number of hydrogen-bond donors (Lipinski definition) is 1. The normalized spacial score (nSPS) is 15.2. The van der Waals surface area contributed by atoms with Gasteiger partial charge in [0.25, 0.3) is 0 Å². The Labute approximate surface area is 154 Å². The van der Waals surface area contributed by atoms with E-state index in [2.05, 4.69) is 25.2 Å². The second-order valence-corrected chi connectivity index (χ2v) is 8.28. The lowest BCUT2D eigenvalue weighted by molar-refractivity contribution is 0.597. The van der Waals surface area contributed by atoms with Gasteiger partial charge in [0.2, 0.25) is 5.95 Å². The van der Waals surface area contributed by atoms with Gasteiger partial charge < -0.3 is 15.1 Å². The highest BCUT2D eigenvalue weighted by molar-refractivity contribution is 7.90. The van der Waals surface area contributed by atoms with Crippen molar-refractivity contribution in [2.24, 2.45) is 0 Å². The van der Waals surface area contributed by atoms with Crippen LogP contribution in [0.1, 0.15) is 12.6 Å². The van der Waals surface area contributed by atoms with Crippen molar-refractivity contribution < 1.29 is 8.42 Å². The van der Waals surface area contributed by atoms with E-state index < -0.39 is 9.84 Å². The molecule has 2 aromatic heterocycles. The standard InChI is InChI=1S/C17H24N6O2S/c1-4-18-15-12-13(2)20-17(21-15)23-10-8-22(9-11-23)16-14(26(3,24)25)6-5-7-19-16/h5-7,12H,4,8-11H2,1-3H3,(H,18,20,21). The van der Waals surface area contributed by atoms with Crippen LogP contribution >= 0.6 is 0 Å². The molecule has 0 atom stereocenters. The van der Waals surface area contributed by atoms with E-state index in [4.69, 9.17) is 0 Å². The summed E-state index contributed by atoms with van der Waals surface area (Å²) >= 11 is 0. The molecule has 3 rings (SSSR count). The van der Waals surface area contributed by atoms with Crippen molar-refractivity contribution in [2.45, 2.75) is 18.7 Å². The Morgan fingerprint density at radius 1 is 1.15 bits per heavy atom. The highest BCUT2D eigenvalue weighted by Crippen LogP contribution is 2.24. The molecular formula is C17H24N6O2S. The molecule has 26 heavy (non-hydrogen) atoms. The summed E-state index contributed by atoms with van der Waals surface area (Å²) in [5.41, 5.74) is 0.914. The minimum absolute atomic E-state index is 0.273. The van der Waals surface area contributed by atoms with E-state index >= 15 is 0 Å². The van der Waals surface area contributed by atoms with Crippen LogP contribution in [0.5, 0.6) is 0 Å². The average Bonchev–Trinajstić information content (AvgIpc) is 2.61. The number of nitrogens with zero attached hydrogens (tertiary/aromatic N) is 5. The monoisotopic (exact) mass is 376 g/mol. The fraction of sp³-hybridized carbons (Fsp3) is 0.471. The van der Waals surface area contributed by atoms with Gasteiger partial charge in [0, 0.05) is 56.9 Å². The van der Waals surface area contributed by atoms with E-state index in [1.807, 2.05) is 24.8 Å². The third kappa shape index (κ3) is 4.04. The summed E-state index contributed by atoms with van der Waals surface area (Å²) in [4.78, 5) is 17.8. The van der Waals surface area contributed by atoms with E-state index in [0.29, 0.717) is 37.9 Å². The Kier molecular flexibility index (Phi) is 5.26. The first kappa shape index (κ1) is 18.4. The van der Waals surface area contributed by atoms with Crippen LogP contribution < -0.4 is 15.1 Å². The first-order valence-corrected chi connectivity index (χ1v) is 10.5. The van der Waals surface area contributed by atoms with Crippen molar-refractivity contribution in [2.75, 3.05) is 54.1 Å². The lowest BCUT2D eigenvalue weighted by Gasteiger charge is -2.36. The second kappa shape index (κ2) is 7.45. The predicted molar refractivity (Wildman–Crippen MR) is 103 cm³/mol. The van der Waals surface area contributed by atoms with Crippen molar-refractivity contribution in [1.82, 2.24) is 15.0 Å². The maximum atomic E-state index is 12.0. The van der Waals surface area contributed by atoms with Gasteiger partial charge in [-0.05, 0) is 26.0 Å². The van der Waals surface area contributed by atoms with Crippen molar-refractivity contribution in [3.63, 3.8) is 0 Å². The molecule has 8 nitrogen and oxygen atoms in total. The molecule has 0 bridgehead atoms. The zero-order chi connectivity index (χ0) is 18.7. The van der Waals surface area contributed by atoms with Crippen molar-refractivity contribution in [1.29, 1.82) is 0 Å². The van der Waals surface area contributed by atoms with Crippen LogP contribution in [0.2, 0.25) is 0 Å². The number of nitrogens with one attached hydrogen (secondary N) is 1. The molecule has 9 heteroatoms. The van der Waals surface area contributed by atoms with Gasteiger partial charge in [-0.15, -0.1) is 0 Å². The number of pyridine rings is 1. The topological polar surface area (TPSA) is 91.3 Å². The molecule has 0 radical (unpaired) electrons. The van der Waals surface area contributed by atoms with Crippen molar-refractivity contribution in [3.05, 3.63) is 30.1 Å². The van der Waals surface area contributed by atoms with Crippen LogP contribution in [0.3, 0.4) is 0 Å². The molecule has 1 fully saturated rings. The van der Waals surface area contributed by atoms with E-state index in [-0.39, 0.29) is 4.90 Å². The highest BCUT2D eigenvalue weighted by Gasteiger charge is 2.24. The van der Waals surface area contributed by atoms with Gasteiger partial charge in [0.15, 0.2) is 9.84 Å². The SMILES string of the molecule is CCNc1cc(C)nc(N2CCN(c3ncccc3S(C)(=O)=O)CC2)n1. The van der Waals surface area contributed by atoms with E-state index in [1.165, 1.54) is 6.26 Å². The Morgan fingerprint density at radius 3 is 2.50 bits per heavy atom.